The number of imidazole rings is 1. The van der Waals surface area contributed by atoms with Gasteiger partial charge in [-0.05, 0) is 55.3 Å². The van der Waals surface area contributed by atoms with Crippen molar-refractivity contribution in [2.75, 3.05) is 0 Å². The summed E-state index contributed by atoms with van der Waals surface area (Å²) in [6.45, 7) is 4.36. The molecule has 0 radical (unpaired) electrons. The number of carbonyl (C=O) groups is 1. The molecule has 2 aromatic heterocycles. The fourth-order valence-corrected chi connectivity index (χ4v) is 3.80. The second-order valence-corrected chi connectivity index (χ2v) is 8.41. The average Bonchev–Trinajstić information content (AvgIpc) is 3.49. The Labute approximate surface area is 191 Å². The van der Waals surface area contributed by atoms with Crippen molar-refractivity contribution in [1.82, 2.24) is 19.9 Å². The number of hydrogen-bond acceptors (Lipinski definition) is 5. The third-order valence-electron chi connectivity index (χ3n) is 4.89. The lowest BCUT2D eigenvalue weighted by Gasteiger charge is -2.14. The Hall–Kier alpha value is -3.71. The van der Waals surface area contributed by atoms with Crippen LogP contribution in [-0.2, 0) is 11.4 Å². The second-order valence-electron chi connectivity index (χ2n) is 7.34. The van der Waals surface area contributed by atoms with Crippen LogP contribution in [0.4, 0.5) is 0 Å². The molecule has 1 unspecified atom stereocenters. The summed E-state index contributed by atoms with van der Waals surface area (Å²) in [6.07, 6.45) is 8.71. The minimum absolute atomic E-state index is 0.111. The maximum atomic E-state index is 12.4. The van der Waals surface area contributed by atoms with Crippen LogP contribution in [-0.4, -0.2) is 20.4 Å². The van der Waals surface area contributed by atoms with Crippen LogP contribution in [0, 0.1) is 6.92 Å². The molecule has 2 aromatic carbocycles. The lowest BCUT2D eigenvalue weighted by molar-refractivity contribution is -0.117. The summed E-state index contributed by atoms with van der Waals surface area (Å²) in [4.78, 5) is 20.9. The van der Waals surface area contributed by atoms with E-state index in [-0.39, 0.29) is 11.9 Å². The van der Waals surface area contributed by atoms with Crippen molar-refractivity contribution in [3.05, 3.63) is 101 Å². The smallest absolute Gasteiger partial charge is 0.244 e. The zero-order valence-corrected chi connectivity index (χ0v) is 18.8. The fraction of sp³-hybridized carbons (Fsp3) is 0.160. The molecule has 4 aromatic rings. The fourth-order valence-electron chi connectivity index (χ4n) is 3.20. The number of aromatic nitrogens is 3. The van der Waals surface area contributed by atoms with Gasteiger partial charge in [-0.15, -0.1) is 11.3 Å². The van der Waals surface area contributed by atoms with Crippen molar-refractivity contribution >= 4 is 23.3 Å². The van der Waals surface area contributed by atoms with E-state index in [0.29, 0.717) is 6.61 Å². The summed E-state index contributed by atoms with van der Waals surface area (Å²) in [5.74, 6) is 0.588. The zero-order chi connectivity index (χ0) is 22.3. The molecule has 4 rings (SSSR count). The van der Waals surface area contributed by atoms with Crippen LogP contribution in [0.25, 0.3) is 11.8 Å². The van der Waals surface area contributed by atoms with Gasteiger partial charge >= 0.3 is 0 Å². The van der Waals surface area contributed by atoms with E-state index in [1.165, 1.54) is 0 Å². The van der Waals surface area contributed by atoms with E-state index in [0.717, 1.165) is 33.3 Å². The molecule has 7 heteroatoms. The topological polar surface area (TPSA) is 69.0 Å². The summed E-state index contributed by atoms with van der Waals surface area (Å²) in [5.41, 5.74) is 3.87. The van der Waals surface area contributed by atoms with E-state index < -0.39 is 0 Å². The van der Waals surface area contributed by atoms with Crippen LogP contribution < -0.4 is 10.1 Å². The minimum Gasteiger partial charge on any atom is -0.487 e. The highest BCUT2D eigenvalue weighted by molar-refractivity contribution is 7.09. The number of benzene rings is 2. The maximum Gasteiger partial charge on any atom is 0.244 e. The highest BCUT2D eigenvalue weighted by atomic mass is 32.1. The third kappa shape index (κ3) is 5.70. The van der Waals surface area contributed by atoms with Gasteiger partial charge in [-0.25, -0.2) is 9.97 Å². The summed E-state index contributed by atoms with van der Waals surface area (Å²) < 4.78 is 7.75. The van der Waals surface area contributed by atoms with Gasteiger partial charge in [-0.2, -0.15) is 0 Å². The Morgan fingerprint density at radius 2 is 2.09 bits per heavy atom. The van der Waals surface area contributed by atoms with Crippen molar-refractivity contribution in [2.24, 2.45) is 0 Å². The average molecular weight is 445 g/mol. The summed E-state index contributed by atoms with van der Waals surface area (Å²) in [7, 11) is 0. The number of nitrogens with one attached hydrogen (secondary N) is 1. The molecular formula is C25H24N4O2S. The van der Waals surface area contributed by atoms with Gasteiger partial charge in [0.05, 0.1) is 23.1 Å². The number of thiazole rings is 1. The number of carbonyl (C=O) groups excluding carboxylic acids is 1. The van der Waals surface area contributed by atoms with Gasteiger partial charge in [0.25, 0.3) is 0 Å². The van der Waals surface area contributed by atoms with Crippen LogP contribution in [0.1, 0.15) is 34.8 Å². The van der Waals surface area contributed by atoms with Gasteiger partial charge in [0.2, 0.25) is 5.91 Å². The van der Waals surface area contributed by atoms with Crippen LogP contribution >= 0.6 is 11.3 Å². The lowest BCUT2D eigenvalue weighted by Crippen LogP contribution is -2.24. The van der Waals surface area contributed by atoms with Crippen LogP contribution in [0.15, 0.2) is 78.7 Å². The maximum absolute atomic E-state index is 12.4. The largest absolute Gasteiger partial charge is 0.487 e. The highest BCUT2D eigenvalue weighted by Crippen LogP contribution is 2.18. The van der Waals surface area contributed by atoms with E-state index in [9.17, 15) is 4.79 Å². The molecule has 32 heavy (non-hydrogen) atoms. The number of nitrogens with zero attached hydrogens (tertiary/aromatic N) is 3. The molecule has 0 aliphatic carbocycles. The monoisotopic (exact) mass is 444 g/mol. The summed E-state index contributed by atoms with van der Waals surface area (Å²) in [5, 5.41) is 6.02. The van der Waals surface area contributed by atoms with Gasteiger partial charge in [0, 0.05) is 29.5 Å². The van der Waals surface area contributed by atoms with Crippen LogP contribution in [0.5, 0.6) is 5.75 Å². The van der Waals surface area contributed by atoms with Gasteiger partial charge in [0.15, 0.2) is 0 Å². The van der Waals surface area contributed by atoms with Crippen LogP contribution in [0.2, 0.25) is 0 Å². The summed E-state index contributed by atoms with van der Waals surface area (Å²) >= 11 is 1.61. The first-order chi connectivity index (χ1) is 15.6. The van der Waals surface area contributed by atoms with Crippen LogP contribution in [0.3, 0.4) is 0 Å². The van der Waals surface area contributed by atoms with E-state index in [2.05, 4.69) is 15.3 Å². The van der Waals surface area contributed by atoms with E-state index >= 15 is 0 Å². The molecule has 0 fully saturated rings. The van der Waals surface area contributed by atoms with Crippen molar-refractivity contribution in [3.8, 4) is 11.4 Å². The molecule has 0 aliphatic rings. The highest BCUT2D eigenvalue weighted by Gasteiger charge is 2.08. The number of hydrogen-bond donors (Lipinski definition) is 1. The normalized spacial score (nSPS) is 12.1. The van der Waals surface area contributed by atoms with E-state index in [1.807, 2.05) is 78.5 Å². The van der Waals surface area contributed by atoms with Gasteiger partial charge in [0.1, 0.15) is 12.4 Å². The third-order valence-corrected chi connectivity index (χ3v) is 5.72. The van der Waals surface area contributed by atoms with Gasteiger partial charge in [-0.1, -0.05) is 24.3 Å². The summed E-state index contributed by atoms with van der Waals surface area (Å²) in [6, 6.07) is 15.6. The molecule has 0 spiro atoms. The van der Waals surface area contributed by atoms with Crippen molar-refractivity contribution < 1.29 is 9.53 Å². The van der Waals surface area contributed by atoms with Gasteiger partial charge in [-0.3, -0.25) is 4.79 Å². The Morgan fingerprint density at radius 1 is 1.25 bits per heavy atom. The number of aryl methyl sites for hydroxylation is 1. The number of ether oxygens (including phenoxy) is 1. The minimum atomic E-state index is -0.152. The van der Waals surface area contributed by atoms with E-state index in [4.69, 9.17) is 4.74 Å². The molecule has 1 atom stereocenters. The van der Waals surface area contributed by atoms with Crippen molar-refractivity contribution in [1.29, 1.82) is 0 Å². The standard InChI is InChI=1S/C25H24N4O2S/c1-18(21-7-9-23(10-8-21)29-13-12-26-17-29)27-25(30)11-6-20-4-3-5-24(14-20)31-15-22-16-32-19(2)28-22/h3-14,16-18H,15H2,1-2H3,(H,27,30)/b11-6+. The van der Waals surface area contributed by atoms with E-state index in [1.54, 1.807) is 36.0 Å². The number of rotatable bonds is 8. The molecule has 0 saturated heterocycles. The Bertz CT molecular complexity index is 1200. The molecular weight excluding hydrogens is 420 g/mol. The molecule has 162 valence electrons. The van der Waals surface area contributed by atoms with Crippen molar-refractivity contribution in [2.45, 2.75) is 26.5 Å². The second kappa shape index (κ2) is 10.1. The first kappa shape index (κ1) is 21.5. The molecule has 0 aliphatic heterocycles. The first-order valence-corrected chi connectivity index (χ1v) is 11.2. The Kier molecular flexibility index (Phi) is 6.77. The molecule has 1 N–H and O–H groups in total. The van der Waals surface area contributed by atoms with Gasteiger partial charge < -0.3 is 14.6 Å². The Morgan fingerprint density at radius 3 is 2.81 bits per heavy atom. The predicted octanol–water partition coefficient (Wildman–Crippen LogP) is 5.11. The van der Waals surface area contributed by atoms with Crippen molar-refractivity contribution in [3.63, 3.8) is 0 Å². The Balaban J connectivity index is 1.31. The molecule has 0 saturated carbocycles. The molecule has 6 nitrogen and oxygen atoms in total. The SMILES string of the molecule is Cc1nc(COc2cccc(/C=C/C(=O)NC(C)c3ccc(-n4ccnc4)cc3)c2)cs1. The zero-order valence-electron chi connectivity index (χ0n) is 17.9. The lowest BCUT2D eigenvalue weighted by atomic mass is 10.1. The quantitative estimate of drug-likeness (QED) is 0.384. The molecule has 0 bridgehead atoms. The molecule has 2 heterocycles. The molecule has 1 amide bonds. The predicted molar refractivity (Wildman–Crippen MR) is 127 cm³/mol. The number of amides is 1. The first-order valence-electron chi connectivity index (χ1n) is 10.3.